The molecule has 0 fully saturated rings. The lowest BCUT2D eigenvalue weighted by Crippen LogP contribution is -2.17. The molecule has 2 heterocycles. The molecule has 1 amide bonds. The molecule has 2 aromatic heterocycles. The fourth-order valence-corrected chi connectivity index (χ4v) is 3.05. The number of aryl methyl sites for hydroxylation is 2. The number of hydrogen-bond acceptors (Lipinski definition) is 3. The van der Waals surface area contributed by atoms with Gasteiger partial charge in [0.15, 0.2) is 5.82 Å². The second kappa shape index (κ2) is 7.07. The van der Waals surface area contributed by atoms with E-state index in [4.69, 9.17) is 34.8 Å². The quantitative estimate of drug-likeness (QED) is 0.717. The molecule has 1 aromatic carbocycles. The van der Waals surface area contributed by atoms with Crippen LogP contribution in [0.25, 0.3) is 0 Å². The maximum absolute atomic E-state index is 12.5. The number of rotatable bonds is 4. The van der Waals surface area contributed by atoms with Crippen molar-refractivity contribution in [2.45, 2.75) is 13.5 Å². The van der Waals surface area contributed by atoms with E-state index >= 15 is 0 Å². The molecule has 6 nitrogen and oxygen atoms in total. The third kappa shape index (κ3) is 3.66. The van der Waals surface area contributed by atoms with Gasteiger partial charge in [0.05, 0.1) is 17.3 Å². The molecule has 3 aromatic rings. The number of benzene rings is 1. The van der Waals surface area contributed by atoms with Crippen LogP contribution in [0.2, 0.25) is 15.1 Å². The third-order valence-corrected chi connectivity index (χ3v) is 4.70. The second-order valence-corrected chi connectivity index (χ2v) is 6.63. The fourth-order valence-electron chi connectivity index (χ4n) is 2.41. The summed E-state index contributed by atoms with van der Waals surface area (Å²) in [6, 6.07) is 7.45. The number of carbonyl (C=O) groups excluding carboxylic acids is 1. The minimum Gasteiger partial charge on any atom is -0.302 e. The highest BCUT2D eigenvalue weighted by atomic mass is 35.5. The Morgan fingerprint density at radius 1 is 1.16 bits per heavy atom. The summed E-state index contributed by atoms with van der Waals surface area (Å²) in [6.45, 7) is 2.16. The van der Waals surface area contributed by atoms with E-state index in [1.54, 1.807) is 30.9 Å². The van der Waals surface area contributed by atoms with Gasteiger partial charge in [-0.15, -0.1) is 0 Å². The number of hydrogen-bond donors (Lipinski definition) is 1. The molecule has 130 valence electrons. The van der Waals surface area contributed by atoms with Crippen LogP contribution in [0, 0.1) is 6.92 Å². The smallest absolute Gasteiger partial charge is 0.276 e. The van der Waals surface area contributed by atoms with Gasteiger partial charge >= 0.3 is 0 Å². The zero-order valence-corrected chi connectivity index (χ0v) is 15.7. The normalized spacial score (nSPS) is 10.9. The van der Waals surface area contributed by atoms with Crippen molar-refractivity contribution in [2.75, 3.05) is 5.32 Å². The Morgan fingerprint density at radius 2 is 1.88 bits per heavy atom. The van der Waals surface area contributed by atoms with E-state index in [1.807, 2.05) is 18.2 Å². The summed E-state index contributed by atoms with van der Waals surface area (Å²) >= 11 is 18.5. The topological polar surface area (TPSA) is 64.7 Å². The van der Waals surface area contributed by atoms with Gasteiger partial charge in [-0.05, 0) is 18.6 Å². The van der Waals surface area contributed by atoms with Crippen LogP contribution in [0.15, 0.2) is 30.5 Å². The SMILES string of the molecule is Cc1nn(C)c(C(=O)Nc2nn(Cc3ccccc3Cl)cc2Cl)c1Cl. The summed E-state index contributed by atoms with van der Waals surface area (Å²) in [5.41, 5.74) is 1.71. The maximum atomic E-state index is 12.5. The Hall–Kier alpha value is -2.02. The van der Waals surface area contributed by atoms with E-state index in [1.165, 1.54) is 4.68 Å². The average Bonchev–Trinajstić information content (AvgIpc) is 3.01. The Balaban J connectivity index is 1.81. The van der Waals surface area contributed by atoms with Crippen LogP contribution in [0.3, 0.4) is 0 Å². The fraction of sp³-hybridized carbons (Fsp3) is 0.188. The van der Waals surface area contributed by atoms with E-state index in [2.05, 4.69) is 15.5 Å². The number of amides is 1. The van der Waals surface area contributed by atoms with Crippen LogP contribution < -0.4 is 5.32 Å². The van der Waals surface area contributed by atoms with E-state index in [-0.39, 0.29) is 11.5 Å². The van der Waals surface area contributed by atoms with Crippen molar-refractivity contribution in [2.24, 2.45) is 7.05 Å². The Kier molecular flexibility index (Phi) is 5.03. The second-order valence-electron chi connectivity index (χ2n) is 5.44. The molecule has 3 rings (SSSR count). The lowest BCUT2D eigenvalue weighted by molar-refractivity contribution is 0.101. The van der Waals surface area contributed by atoms with Gasteiger partial charge < -0.3 is 5.32 Å². The molecule has 25 heavy (non-hydrogen) atoms. The van der Waals surface area contributed by atoms with Gasteiger partial charge in [0.1, 0.15) is 10.7 Å². The average molecular weight is 399 g/mol. The van der Waals surface area contributed by atoms with Crippen molar-refractivity contribution in [3.05, 3.63) is 62.5 Å². The molecule has 0 aliphatic carbocycles. The standard InChI is InChI=1S/C16H14Cl3N5O/c1-9-13(19)14(23(2)21-9)16(25)20-15-12(18)8-24(22-15)7-10-5-3-4-6-11(10)17/h3-6,8H,7H2,1-2H3,(H,20,22,25). The van der Waals surface area contributed by atoms with Crippen LogP contribution in [0.4, 0.5) is 5.82 Å². The molecule has 0 aliphatic heterocycles. The molecule has 0 saturated heterocycles. The van der Waals surface area contributed by atoms with Crippen LogP contribution in [0.5, 0.6) is 0 Å². The molecular formula is C16H14Cl3N5O. The molecule has 0 bridgehead atoms. The first-order chi connectivity index (χ1) is 11.9. The first kappa shape index (κ1) is 17.8. The highest BCUT2D eigenvalue weighted by molar-refractivity contribution is 6.36. The number of anilines is 1. The first-order valence-corrected chi connectivity index (χ1v) is 8.47. The predicted octanol–water partition coefficient (Wildman–Crippen LogP) is 4.19. The van der Waals surface area contributed by atoms with Gasteiger partial charge in [0.2, 0.25) is 0 Å². The summed E-state index contributed by atoms with van der Waals surface area (Å²) in [6.07, 6.45) is 1.62. The number of halogens is 3. The number of nitrogens with zero attached hydrogens (tertiary/aromatic N) is 4. The summed E-state index contributed by atoms with van der Waals surface area (Å²) in [4.78, 5) is 12.5. The van der Waals surface area contributed by atoms with Crippen LogP contribution >= 0.6 is 34.8 Å². The lowest BCUT2D eigenvalue weighted by Gasteiger charge is -2.05. The lowest BCUT2D eigenvalue weighted by atomic mass is 10.2. The highest BCUT2D eigenvalue weighted by Gasteiger charge is 2.21. The Morgan fingerprint density at radius 3 is 2.52 bits per heavy atom. The molecule has 0 radical (unpaired) electrons. The van der Waals surface area contributed by atoms with E-state index < -0.39 is 5.91 Å². The van der Waals surface area contributed by atoms with Gasteiger partial charge in [0.25, 0.3) is 5.91 Å². The van der Waals surface area contributed by atoms with Crippen molar-refractivity contribution in [1.29, 1.82) is 0 Å². The van der Waals surface area contributed by atoms with Crippen LogP contribution in [0.1, 0.15) is 21.7 Å². The zero-order valence-electron chi connectivity index (χ0n) is 13.4. The highest BCUT2D eigenvalue weighted by Crippen LogP contribution is 2.24. The number of nitrogens with one attached hydrogen (secondary N) is 1. The largest absolute Gasteiger partial charge is 0.302 e. The molecule has 0 unspecified atom stereocenters. The predicted molar refractivity (Wildman–Crippen MR) is 98.7 cm³/mol. The van der Waals surface area contributed by atoms with Gasteiger partial charge in [-0.3, -0.25) is 14.2 Å². The molecule has 0 aliphatic rings. The maximum Gasteiger partial charge on any atom is 0.276 e. The summed E-state index contributed by atoms with van der Waals surface area (Å²) in [7, 11) is 1.64. The van der Waals surface area contributed by atoms with Gasteiger partial charge in [-0.2, -0.15) is 10.2 Å². The monoisotopic (exact) mass is 397 g/mol. The van der Waals surface area contributed by atoms with Crippen molar-refractivity contribution in [3.8, 4) is 0 Å². The van der Waals surface area contributed by atoms with Crippen molar-refractivity contribution in [1.82, 2.24) is 19.6 Å². The Bertz CT molecular complexity index is 947. The molecule has 0 spiro atoms. The molecule has 9 heteroatoms. The molecule has 0 saturated carbocycles. The van der Waals surface area contributed by atoms with Gasteiger partial charge in [-0.1, -0.05) is 53.0 Å². The van der Waals surface area contributed by atoms with E-state index in [0.717, 1.165) is 5.56 Å². The van der Waals surface area contributed by atoms with Gasteiger partial charge in [-0.25, -0.2) is 0 Å². The van der Waals surface area contributed by atoms with Gasteiger partial charge in [0, 0.05) is 18.3 Å². The van der Waals surface area contributed by atoms with Crippen LogP contribution in [-0.2, 0) is 13.6 Å². The minimum atomic E-state index is -0.432. The van der Waals surface area contributed by atoms with E-state index in [0.29, 0.717) is 27.3 Å². The first-order valence-electron chi connectivity index (χ1n) is 7.33. The molecule has 0 atom stereocenters. The van der Waals surface area contributed by atoms with E-state index in [9.17, 15) is 4.79 Å². The van der Waals surface area contributed by atoms with Crippen molar-refractivity contribution < 1.29 is 4.79 Å². The zero-order chi connectivity index (χ0) is 18.1. The Labute approximate surface area is 159 Å². The van der Waals surface area contributed by atoms with Crippen molar-refractivity contribution in [3.63, 3.8) is 0 Å². The molecule has 1 N–H and O–H groups in total. The van der Waals surface area contributed by atoms with Crippen LogP contribution in [-0.4, -0.2) is 25.5 Å². The van der Waals surface area contributed by atoms with Crippen molar-refractivity contribution >= 4 is 46.5 Å². The summed E-state index contributed by atoms with van der Waals surface area (Å²) in [5, 5.41) is 12.3. The molecular weight excluding hydrogens is 385 g/mol. The summed E-state index contributed by atoms with van der Waals surface area (Å²) < 4.78 is 3.02. The minimum absolute atomic E-state index is 0.244. The third-order valence-electron chi connectivity index (χ3n) is 3.60. The summed E-state index contributed by atoms with van der Waals surface area (Å²) in [5.74, 6) is -0.188. The number of aromatic nitrogens is 4. The number of carbonyl (C=O) groups is 1.